The standard InChI is InChI=1S/C12H13ClO5/c1-6(12(15)16)9-10(14)7(13)5-8-11(9)18-4-2-3-17-8/h5-6,14H,2-4H2,1H3,(H,15,16). The van der Waals surface area contributed by atoms with Gasteiger partial charge in [-0.1, -0.05) is 11.6 Å². The van der Waals surface area contributed by atoms with Gasteiger partial charge in [0, 0.05) is 12.5 Å². The first-order valence-electron chi connectivity index (χ1n) is 5.56. The molecule has 0 bridgehead atoms. The Bertz CT molecular complexity index is 486. The van der Waals surface area contributed by atoms with Gasteiger partial charge in [0.2, 0.25) is 0 Å². The minimum atomic E-state index is -1.07. The Balaban J connectivity index is 2.61. The molecule has 1 heterocycles. The molecule has 2 rings (SSSR count). The quantitative estimate of drug-likeness (QED) is 0.864. The van der Waals surface area contributed by atoms with E-state index in [9.17, 15) is 9.90 Å². The molecule has 98 valence electrons. The number of carbonyl (C=O) groups is 1. The lowest BCUT2D eigenvalue weighted by Gasteiger charge is -2.17. The fraction of sp³-hybridized carbons (Fsp3) is 0.417. The molecule has 1 unspecified atom stereocenters. The van der Waals surface area contributed by atoms with Crippen LogP contribution in [0.2, 0.25) is 5.02 Å². The van der Waals surface area contributed by atoms with Crippen molar-refractivity contribution < 1.29 is 24.5 Å². The van der Waals surface area contributed by atoms with Gasteiger partial charge < -0.3 is 19.7 Å². The fourth-order valence-corrected chi connectivity index (χ4v) is 2.02. The maximum absolute atomic E-state index is 11.1. The van der Waals surface area contributed by atoms with Crippen molar-refractivity contribution in [1.29, 1.82) is 0 Å². The van der Waals surface area contributed by atoms with Crippen LogP contribution in [-0.4, -0.2) is 29.4 Å². The van der Waals surface area contributed by atoms with Crippen LogP contribution in [0.3, 0.4) is 0 Å². The Morgan fingerprint density at radius 3 is 2.78 bits per heavy atom. The largest absolute Gasteiger partial charge is 0.506 e. The van der Waals surface area contributed by atoms with Crippen molar-refractivity contribution in [2.24, 2.45) is 0 Å². The van der Waals surface area contributed by atoms with Crippen molar-refractivity contribution in [3.05, 3.63) is 16.7 Å². The SMILES string of the molecule is CC(C(=O)O)c1c(O)c(Cl)cc2c1OCCCO2. The Morgan fingerprint density at radius 1 is 1.44 bits per heavy atom. The van der Waals surface area contributed by atoms with Crippen LogP contribution in [-0.2, 0) is 4.79 Å². The summed E-state index contributed by atoms with van der Waals surface area (Å²) in [5.41, 5.74) is 0.159. The average molecular weight is 273 g/mol. The number of ether oxygens (including phenoxy) is 2. The highest BCUT2D eigenvalue weighted by Crippen LogP contribution is 2.46. The van der Waals surface area contributed by atoms with E-state index >= 15 is 0 Å². The van der Waals surface area contributed by atoms with E-state index in [1.165, 1.54) is 13.0 Å². The highest BCUT2D eigenvalue weighted by molar-refractivity contribution is 6.32. The van der Waals surface area contributed by atoms with Crippen LogP contribution in [0.4, 0.5) is 0 Å². The normalized spacial score (nSPS) is 15.9. The number of phenols is 1. The van der Waals surface area contributed by atoms with Crippen molar-refractivity contribution in [3.63, 3.8) is 0 Å². The van der Waals surface area contributed by atoms with Crippen molar-refractivity contribution in [2.75, 3.05) is 13.2 Å². The van der Waals surface area contributed by atoms with E-state index in [1.54, 1.807) is 0 Å². The molecule has 1 aliphatic rings. The zero-order valence-corrected chi connectivity index (χ0v) is 10.5. The summed E-state index contributed by atoms with van der Waals surface area (Å²) in [6.45, 7) is 2.34. The van der Waals surface area contributed by atoms with Gasteiger partial charge in [0.25, 0.3) is 0 Å². The second-order valence-corrected chi connectivity index (χ2v) is 4.47. The van der Waals surface area contributed by atoms with Gasteiger partial charge >= 0.3 is 5.97 Å². The minimum absolute atomic E-state index is 0.0577. The molecule has 5 nitrogen and oxygen atoms in total. The molecule has 18 heavy (non-hydrogen) atoms. The lowest BCUT2D eigenvalue weighted by molar-refractivity contribution is -0.138. The fourth-order valence-electron chi connectivity index (χ4n) is 1.81. The van der Waals surface area contributed by atoms with Crippen LogP contribution in [0.5, 0.6) is 17.2 Å². The summed E-state index contributed by atoms with van der Waals surface area (Å²) in [5, 5.41) is 19.1. The van der Waals surface area contributed by atoms with Crippen molar-refractivity contribution >= 4 is 17.6 Å². The maximum atomic E-state index is 11.1. The van der Waals surface area contributed by atoms with E-state index in [0.29, 0.717) is 25.4 Å². The second kappa shape index (κ2) is 4.94. The van der Waals surface area contributed by atoms with Crippen LogP contribution < -0.4 is 9.47 Å². The van der Waals surface area contributed by atoms with Crippen molar-refractivity contribution in [3.8, 4) is 17.2 Å². The van der Waals surface area contributed by atoms with Gasteiger partial charge in [0.05, 0.1) is 29.7 Å². The molecule has 0 saturated carbocycles. The van der Waals surface area contributed by atoms with E-state index in [1.807, 2.05) is 0 Å². The minimum Gasteiger partial charge on any atom is -0.506 e. The van der Waals surface area contributed by atoms with Crippen LogP contribution in [0, 0.1) is 0 Å². The third-order valence-electron chi connectivity index (χ3n) is 2.80. The molecular formula is C12H13ClO5. The van der Waals surface area contributed by atoms with Crippen LogP contribution in [0.25, 0.3) is 0 Å². The molecule has 1 aliphatic heterocycles. The first-order chi connectivity index (χ1) is 8.52. The summed E-state index contributed by atoms with van der Waals surface area (Å²) >= 11 is 5.87. The molecule has 6 heteroatoms. The van der Waals surface area contributed by atoms with Gasteiger partial charge in [-0.15, -0.1) is 0 Å². The van der Waals surface area contributed by atoms with Gasteiger partial charge in [-0.05, 0) is 6.92 Å². The number of carboxylic acid groups (broad SMARTS) is 1. The third kappa shape index (κ3) is 2.18. The smallest absolute Gasteiger partial charge is 0.310 e. The Morgan fingerprint density at radius 2 is 2.11 bits per heavy atom. The Labute approximate surface area is 109 Å². The lowest BCUT2D eigenvalue weighted by atomic mass is 9.98. The van der Waals surface area contributed by atoms with Gasteiger partial charge in [0.15, 0.2) is 11.5 Å². The average Bonchev–Trinajstić information content (AvgIpc) is 2.55. The first-order valence-corrected chi connectivity index (χ1v) is 5.94. The first kappa shape index (κ1) is 12.8. The number of halogens is 1. The third-order valence-corrected chi connectivity index (χ3v) is 3.09. The van der Waals surface area contributed by atoms with E-state index in [4.69, 9.17) is 26.2 Å². The van der Waals surface area contributed by atoms with Gasteiger partial charge in [0.1, 0.15) is 5.75 Å². The van der Waals surface area contributed by atoms with Gasteiger partial charge in [-0.3, -0.25) is 4.79 Å². The van der Waals surface area contributed by atoms with Gasteiger partial charge in [-0.2, -0.15) is 0 Å². The number of rotatable bonds is 2. The summed E-state index contributed by atoms with van der Waals surface area (Å²) in [6.07, 6.45) is 0.688. The molecule has 0 aromatic heterocycles. The van der Waals surface area contributed by atoms with Gasteiger partial charge in [-0.25, -0.2) is 0 Å². The molecule has 0 saturated heterocycles. The molecule has 1 aromatic rings. The number of benzene rings is 1. The van der Waals surface area contributed by atoms with E-state index in [2.05, 4.69) is 0 Å². The Kier molecular flexibility index (Phi) is 3.52. The van der Waals surface area contributed by atoms with Crippen LogP contribution in [0.1, 0.15) is 24.8 Å². The van der Waals surface area contributed by atoms with Crippen LogP contribution in [0.15, 0.2) is 6.07 Å². The molecule has 0 radical (unpaired) electrons. The van der Waals surface area contributed by atoms with E-state index in [-0.39, 0.29) is 22.1 Å². The number of fused-ring (bicyclic) bond motifs is 1. The summed E-state index contributed by atoms with van der Waals surface area (Å²) in [5.74, 6) is -1.62. The highest BCUT2D eigenvalue weighted by atomic mass is 35.5. The monoisotopic (exact) mass is 272 g/mol. The topological polar surface area (TPSA) is 76.0 Å². The highest BCUT2D eigenvalue weighted by Gasteiger charge is 2.28. The molecule has 2 N–H and O–H groups in total. The predicted octanol–water partition coefficient (Wildman–Crippen LogP) is 2.40. The summed E-state index contributed by atoms with van der Waals surface area (Å²) in [4.78, 5) is 11.1. The molecule has 1 aromatic carbocycles. The number of carboxylic acids is 1. The summed E-state index contributed by atoms with van der Waals surface area (Å²) < 4.78 is 10.9. The van der Waals surface area contributed by atoms with Crippen LogP contribution >= 0.6 is 11.6 Å². The van der Waals surface area contributed by atoms with Crippen molar-refractivity contribution in [2.45, 2.75) is 19.3 Å². The summed E-state index contributed by atoms with van der Waals surface area (Å²) in [7, 11) is 0. The number of hydrogen-bond acceptors (Lipinski definition) is 4. The molecular weight excluding hydrogens is 260 g/mol. The molecule has 0 fully saturated rings. The predicted molar refractivity (Wildman–Crippen MR) is 64.8 cm³/mol. The molecule has 0 spiro atoms. The van der Waals surface area contributed by atoms with E-state index < -0.39 is 11.9 Å². The van der Waals surface area contributed by atoms with Crippen molar-refractivity contribution in [1.82, 2.24) is 0 Å². The Hall–Kier alpha value is -1.62. The number of aliphatic carboxylic acids is 1. The second-order valence-electron chi connectivity index (χ2n) is 4.06. The van der Waals surface area contributed by atoms with E-state index in [0.717, 1.165) is 0 Å². The molecule has 0 aliphatic carbocycles. The number of phenolic OH excluding ortho intramolecular Hbond substituents is 1. The zero-order valence-electron chi connectivity index (χ0n) is 9.77. The summed E-state index contributed by atoms with van der Waals surface area (Å²) in [6, 6.07) is 1.44. The zero-order chi connectivity index (χ0) is 13.3. The number of hydrogen-bond donors (Lipinski definition) is 2. The maximum Gasteiger partial charge on any atom is 0.310 e. The lowest BCUT2D eigenvalue weighted by Crippen LogP contribution is -2.10. The number of aromatic hydroxyl groups is 1. The molecule has 0 amide bonds. The molecule has 1 atom stereocenters.